The molecule has 3 aliphatic rings. The molecule has 1 amide bonds. The summed E-state index contributed by atoms with van der Waals surface area (Å²) in [4.78, 5) is 40.9. The zero-order valence-electron chi connectivity index (χ0n) is 25.4. The topological polar surface area (TPSA) is 109 Å². The second-order valence-corrected chi connectivity index (χ2v) is 13.1. The van der Waals surface area contributed by atoms with Gasteiger partial charge < -0.3 is 20.2 Å². The number of halogens is 3. The first-order valence-corrected chi connectivity index (χ1v) is 15.6. The number of thioether (sulfide) groups is 1. The van der Waals surface area contributed by atoms with Crippen LogP contribution in [0, 0.1) is 6.92 Å². The molecule has 2 unspecified atom stereocenters. The quantitative estimate of drug-likeness (QED) is 0.349. The van der Waals surface area contributed by atoms with Gasteiger partial charge in [-0.2, -0.15) is 18.2 Å². The number of rotatable bonds is 7. The largest absolute Gasteiger partial charge is 0.493 e. The van der Waals surface area contributed by atoms with Gasteiger partial charge in [-0.15, -0.1) is 0 Å². The zero-order valence-corrected chi connectivity index (χ0v) is 26.2. The molecular formula is C32H33F3N6O4S. The number of ether oxygens (including phenoxy) is 1. The Morgan fingerprint density at radius 3 is 2.70 bits per heavy atom. The fraction of sp³-hybridized carbons (Fsp3) is 0.375. The maximum atomic E-state index is 13.4. The third kappa shape index (κ3) is 6.98. The minimum atomic E-state index is -5.20. The summed E-state index contributed by atoms with van der Waals surface area (Å²) in [5.74, 6) is -2.06. The number of hydrogen-bond donors (Lipinski definition) is 2. The van der Waals surface area contributed by atoms with Gasteiger partial charge in [0.05, 0.1) is 29.5 Å². The first kappa shape index (κ1) is 31.8. The monoisotopic (exact) mass is 654 g/mol. The number of carbonyl (C=O) groups excluding carboxylic acids is 2. The Morgan fingerprint density at radius 1 is 1.17 bits per heavy atom. The normalized spacial score (nSPS) is 21.5. The molecule has 242 valence electrons. The van der Waals surface area contributed by atoms with Gasteiger partial charge in [0.15, 0.2) is 5.50 Å². The average Bonchev–Trinajstić information content (AvgIpc) is 3.34. The van der Waals surface area contributed by atoms with E-state index in [0.717, 1.165) is 45.0 Å². The molecule has 6 rings (SSSR count). The number of hydroxylamine groups is 2. The van der Waals surface area contributed by atoms with Crippen LogP contribution in [0.3, 0.4) is 0 Å². The van der Waals surface area contributed by atoms with Gasteiger partial charge in [0.1, 0.15) is 5.82 Å². The predicted molar refractivity (Wildman–Crippen MR) is 166 cm³/mol. The molecule has 2 N–H and O–H groups in total. The zero-order chi connectivity index (χ0) is 32.6. The van der Waals surface area contributed by atoms with Crippen molar-refractivity contribution in [2.24, 2.45) is 0 Å². The lowest BCUT2D eigenvalue weighted by Crippen LogP contribution is -2.56. The lowest BCUT2D eigenvalue weighted by molar-refractivity contribution is -0.243. The van der Waals surface area contributed by atoms with E-state index in [1.807, 2.05) is 66.4 Å². The molecule has 0 saturated carbocycles. The summed E-state index contributed by atoms with van der Waals surface area (Å²) in [5, 5.41) is 7.31. The van der Waals surface area contributed by atoms with Crippen LogP contribution in [0.2, 0.25) is 0 Å². The highest BCUT2D eigenvalue weighted by molar-refractivity contribution is 8.04. The van der Waals surface area contributed by atoms with Gasteiger partial charge in [-0.3, -0.25) is 9.69 Å². The fourth-order valence-electron chi connectivity index (χ4n) is 5.79. The molecule has 0 spiro atoms. The molecular weight excluding hydrogens is 621 g/mol. The number of amides is 1. The van der Waals surface area contributed by atoms with Crippen LogP contribution in [0.4, 0.5) is 24.5 Å². The third-order valence-electron chi connectivity index (χ3n) is 7.81. The van der Waals surface area contributed by atoms with E-state index in [1.54, 1.807) is 20.0 Å². The van der Waals surface area contributed by atoms with Crippen LogP contribution in [0.15, 0.2) is 71.4 Å². The summed E-state index contributed by atoms with van der Waals surface area (Å²) in [6.45, 7) is 6.38. The molecule has 1 fully saturated rings. The summed E-state index contributed by atoms with van der Waals surface area (Å²) in [5.41, 5.74) is 3.10. The third-order valence-corrected chi connectivity index (χ3v) is 9.14. The van der Waals surface area contributed by atoms with Crippen LogP contribution < -0.4 is 10.6 Å². The highest BCUT2D eigenvalue weighted by Gasteiger charge is 2.51. The molecule has 1 aromatic heterocycles. The molecule has 4 heterocycles. The van der Waals surface area contributed by atoms with E-state index < -0.39 is 29.1 Å². The molecule has 3 aromatic rings. The van der Waals surface area contributed by atoms with E-state index in [9.17, 15) is 22.8 Å². The number of benzene rings is 2. The molecule has 14 heteroatoms. The second kappa shape index (κ2) is 12.6. The van der Waals surface area contributed by atoms with E-state index in [4.69, 9.17) is 9.57 Å². The van der Waals surface area contributed by atoms with Crippen molar-refractivity contribution in [3.05, 3.63) is 82.8 Å². The van der Waals surface area contributed by atoms with Crippen LogP contribution in [0.1, 0.15) is 31.7 Å². The summed E-state index contributed by atoms with van der Waals surface area (Å²) in [7, 11) is 0. The van der Waals surface area contributed by atoms with Crippen molar-refractivity contribution < 1.29 is 32.3 Å². The molecule has 3 aliphatic heterocycles. The first-order chi connectivity index (χ1) is 21.9. The molecule has 1 saturated heterocycles. The SMILES string of the molecule is Cc1nccc(-c2cccc(Nc3cccc(CC4COCCN4C4SC5=C(CC(C)(C)NC5=O)N4OC(=O)C(F)(F)F)c3)c2)n1. The van der Waals surface area contributed by atoms with E-state index in [-0.39, 0.29) is 23.1 Å². The van der Waals surface area contributed by atoms with E-state index in [2.05, 4.69) is 20.6 Å². The smallest absolute Gasteiger partial charge is 0.378 e. The Balaban J connectivity index is 1.22. The maximum Gasteiger partial charge on any atom is 0.493 e. The molecule has 2 aromatic carbocycles. The number of carbonyl (C=O) groups is 2. The Kier molecular flexibility index (Phi) is 8.70. The number of nitrogens with one attached hydrogen (secondary N) is 2. The predicted octanol–water partition coefficient (Wildman–Crippen LogP) is 5.30. The summed E-state index contributed by atoms with van der Waals surface area (Å²) in [6, 6.07) is 17.3. The Hall–Kier alpha value is -4.14. The van der Waals surface area contributed by atoms with Crippen molar-refractivity contribution in [3.8, 4) is 11.3 Å². The van der Waals surface area contributed by atoms with Crippen LogP contribution in [0.25, 0.3) is 11.3 Å². The van der Waals surface area contributed by atoms with Crippen molar-refractivity contribution in [3.63, 3.8) is 0 Å². The lowest BCUT2D eigenvalue weighted by Gasteiger charge is -2.42. The molecule has 0 radical (unpaired) electrons. The van der Waals surface area contributed by atoms with Crippen LogP contribution in [-0.4, -0.2) is 74.8 Å². The number of anilines is 2. The van der Waals surface area contributed by atoms with Gasteiger partial charge in [-0.1, -0.05) is 36.0 Å². The van der Waals surface area contributed by atoms with Crippen LogP contribution >= 0.6 is 11.8 Å². The Labute approximate surface area is 268 Å². The summed E-state index contributed by atoms with van der Waals surface area (Å²) >= 11 is 1.09. The van der Waals surface area contributed by atoms with Crippen molar-refractivity contribution in [2.75, 3.05) is 25.1 Å². The lowest BCUT2D eigenvalue weighted by atomic mass is 9.94. The van der Waals surface area contributed by atoms with E-state index in [1.165, 1.54) is 0 Å². The van der Waals surface area contributed by atoms with Gasteiger partial charge >= 0.3 is 12.1 Å². The van der Waals surface area contributed by atoms with Crippen molar-refractivity contribution >= 4 is 35.0 Å². The minimum absolute atomic E-state index is 0.198. The highest BCUT2D eigenvalue weighted by Crippen LogP contribution is 2.46. The molecule has 0 bridgehead atoms. The first-order valence-electron chi connectivity index (χ1n) is 14.8. The maximum absolute atomic E-state index is 13.4. The van der Waals surface area contributed by atoms with Crippen molar-refractivity contribution in [1.82, 2.24) is 25.2 Å². The average molecular weight is 655 g/mol. The fourth-order valence-corrected chi connectivity index (χ4v) is 7.14. The van der Waals surface area contributed by atoms with Crippen molar-refractivity contribution in [2.45, 2.75) is 56.9 Å². The van der Waals surface area contributed by atoms with Crippen LogP contribution in [0.5, 0.6) is 0 Å². The standard InChI is InChI=1S/C32H33F3N6O4S/c1-19-36-11-10-25(37-19)21-7-5-9-23(16-21)38-22-8-4-6-20(14-22)15-24-18-44-13-12-40(24)30-41(45-29(43)32(33,34)35)26-17-31(2,3)39-28(42)27(26)46-30/h4-11,14,16,24,30,38H,12-13,15,17-18H2,1-3H3,(H,39,42). The van der Waals surface area contributed by atoms with Gasteiger partial charge in [0.2, 0.25) is 0 Å². The molecule has 0 aliphatic carbocycles. The summed E-state index contributed by atoms with van der Waals surface area (Å²) < 4.78 is 45.9. The van der Waals surface area contributed by atoms with Crippen molar-refractivity contribution in [1.29, 1.82) is 0 Å². The number of morpholine rings is 1. The Morgan fingerprint density at radius 2 is 1.93 bits per heavy atom. The molecule has 10 nitrogen and oxygen atoms in total. The number of alkyl halides is 3. The van der Waals surface area contributed by atoms with Crippen LogP contribution in [-0.2, 0) is 25.6 Å². The number of hydrogen-bond acceptors (Lipinski definition) is 10. The second-order valence-electron chi connectivity index (χ2n) is 12.0. The van der Waals surface area contributed by atoms with Gasteiger partial charge in [-0.25, -0.2) is 14.8 Å². The summed E-state index contributed by atoms with van der Waals surface area (Å²) in [6.07, 6.45) is -2.78. The number of nitrogens with zero attached hydrogens (tertiary/aromatic N) is 4. The Bertz CT molecular complexity index is 1680. The number of aromatic nitrogens is 2. The number of aryl methyl sites for hydroxylation is 1. The van der Waals surface area contributed by atoms with Gasteiger partial charge in [0.25, 0.3) is 5.91 Å². The van der Waals surface area contributed by atoms with Gasteiger partial charge in [0, 0.05) is 47.7 Å². The van der Waals surface area contributed by atoms with Gasteiger partial charge in [-0.05, 0) is 63.1 Å². The molecule has 46 heavy (non-hydrogen) atoms. The molecule has 2 atom stereocenters. The highest BCUT2D eigenvalue weighted by atomic mass is 32.2. The van der Waals surface area contributed by atoms with E-state index in [0.29, 0.717) is 32.0 Å². The minimum Gasteiger partial charge on any atom is -0.378 e. The van der Waals surface area contributed by atoms with E-state index >= 15 is 0 Å².